The van der Waals surface area contributed by atoms with Crippen molar-refractivity contribution in [2.75, 3.05) is 6.54 Å². The summed E-state index contributed by atoms with van der Waals surface area (Å²) in [6, 6.07) is 0. The SMILES string of the molecule is CC(C)(C)NCCn1ccnc1[N+](=O)[O-]. The van der Waals surface area contributed by atoms with Crippen molar-refractivity contribution in [3.8, 4) is 0 Å². The quantitative estimate of drug-likeness (QED) is 0.600. The third-order valence-corrected chi connectivity index (χ3v) is 1.86. The molecule has 0 radical (unpaired) electrons. The summed E-state index contributed by atoms with van der Waals surface area (Å²) in [7, 11) is 0. The topological polar surface area (TPSA) is 73.0 Å². The summed E-state index contributed by atoms with van der Waals surface area (Å²) < 4.78 is 1.53. The van der Waals surface area contributed by atoms with Gasteiger partial charge in [0.2, 0.25) is 0 Å². The van der Waals surface area contributed by atoms with Crippen LogP contribution in [0.2, 0.25) is 0 Å². The van der Waals surface area contributed by atoms with Gasteiger partial charge >= 0.3 is 5.95 Å². The Morgan fingerprint density at radius 3 is 2.80 bits per heavy atom. The Labute approximate surface area is 88.5 Å². The molecule has 84 valence electrons. The molecular formula is C9H16N4O2. The second-order valence-electron chi connectivity index (χ2n) is 4.35. The van der Waals surface area contributed by atoms with E-state index in [0.717, 1.165) is 0 Å². The van der Waals surface area contributed by atoms with Crippen molar-refractivity contribution in [1.82, 2.24) is 14.9 Å². The lowest BCUT2D eigenvalue weighted by Gasteiger charge is -2.19. The van der Waals surface area contributed by atoms with E-state index in [0.29, 0.717) is 13.1 Å². The van der Waals surface area contributed by atoms with Gasteiger partial charge in [0.15, 0.2) is 0 Å². The van der Waals surface area contributed by atoms with Crippen LogP contribution >= 0.6 is 0 Å². The van der Waals surface area contributed by atoms with Crippen LogP contribution < -0.4 is 5.32 Å². The first-order valence-corrected chi connectivity index (χ1v) is 4.81. The summed E-state index contributed by atoms with van der Waals surface area (Å²) in [4.78, 5) is 13.7. The Kier molecular flexibility index (Phi) is 3.41. The van der Waals surface area contributed by atoms with Gasteiger partial charge in [-0.1, -0.05) is 4.98 Å². The molecule has 0 spiro atoms. The third-order valence-electron chi connectivity index (χ3n) is 1.86. The summed E-state index contributed by atoms with van der Waals surface area (Å²) >= 11 is 0. The van der Waals surface area contributed by atoms with Crippen LogP contribution in [0.1, 0.15) is 20.8 Å². The van der Waals surface area contributed by atoms with Crippen molar-refractivity contribution >= 4 is 5.95 Å². The molecule has 0 fully saturated rings. The second-order valence-corrected chi connectivity index (χ2v) is 4.35. The van der Waals surface area contributed by atoms with E-state index in [4.69, 9.17) is 0 Å². The van der Waals surface area contributed by atoms with E-state index in [1.54, 1.807) is 6.20 Å². The minimum absolute atomic E-state index is 0.0232. The highest BCUT2D eigenvalue weighted by atomic mass is 16.6. The van der Waals surface area contributed by atoms with Gasteiger partial charge in [0, 0.05) is 12.1 Å². The van der Waals surface area contributed by atoms with Crippen molar-refractivity contribution < 1.29 is 4.92 Å². The van der Waals surface area contributed by atoms with E-state index >= 15 is 0 Å². The number of aromatic nitrogens is 2. The average molecular weight is 212 g/mol. The number of hydrogen-bond donors (Lipinski definition) is 1. The molecule has 1 aromatic rings. The maximum atomic E-state index is 10.5. The molecule has 1 heterocycles. The van der Waals surface area contributed by atoms with E-state index in [1.165, 1.54) is 10.8 Å². The van der Waals surface area contributed by atoms with E-state index in [1.807, 2.05) is 0 Å². The molecule has 0 saturated heterocycles. The minimum atomic E-state index is -0.475. The number of imidazole rings is 1. The molecule has 0 saturated carbocycles. The van der Waals surface area contributed by atoms with Crippen LogP contribution in [-0.2, 0) is 6.54 Å². The Bertz CT molecular complexity index is 340. The van der Waals surface area contributed by atoms with Crippen molar-refractivity contribution in [1.29, 1.82) is 0 Å². The highest BCUT2D eigenvalue weighted by molar-refractivity contribution is 5.06. The Morgan fingerprint density at radius 1 is 1.60 bits per heavy atom. The van der Waals surface area contributed by atoms with Gasteiger partial charge in [0.1, 0.15) is 12.4 Å². The lowest BCUT2D eigenvalue weighted by Crippen LogP contribution is -2.37. The van der Waals surface area contributed by atoms with Crippen LogP contribution in [0, 0.1) is 10.1 Å². The molecule has 0 unspecified atom stereocenters. The smallest absolute Gasteiger partial charge is 0.390 e. The maximum absolute atomic E-state index is 10.5. The monoisotopic (exact) mass is 212 g/mol. The molecule has 0 amide bonds. The molecule has 0 aliphatic rings. The second kappa shape index (κ2) is 4.39. The van der Waals surface area contributed by atoms with E-state index in [-0.39, 0.29) is 11.5 Å². The summed E-state index contributed by atoms with van der Waals surface area (Å²) in [6.07, 6.45) is 3.05. The van der Waals surface area contributed by atoms with Gasteiger partial charge in [0.25, 0.3) is 0 Å². The molecule has 0 atom stereocenters. The van der Waals surface area contributed by atoms with Crippen molar-refractivity contribution in [2.45, 2.75) is 32.9 Å². The van der Waals surface area contributed by atoms with Crippen LogP contribution in [0.3, 0.4) is 0 Å². The number of rotatable bonds is 4. The summed E-state index contributed by atoms with van der Waals surface area (Å²) in [5.41, 5.74) is 0.0232. The zero-order valence-corrected chi connectivity index (χ0v) is 9.23. The van der Waals surface area contributed by atoms with Gasteiger partial charge < -0.3 is 15.4 Å². The highest BCUT2D eigenvalue weighted by Gasteiger charge is 2.14. The fraction of sp³-hybridized carbons (Fsp3) is 0.667. The number of hydrogen-bond acceptors (Lipinski definition) is 4. The Morgan fingerprint density at radius 2 is 2.27 bits per heavy atom. The normalized spacial score (nSPS) is 11.7. The molecule has 0 aliphatic carbocycles. The predicted molar refractivity (Wildman–Crippen MR) is 56.6 cm³/mol. The van der Waals surface area contributed by atoms with E-state index in [9.17, 15) is 10.1 Å². The first-order valence-electron chi connectivity index (χ1n) is 4.81. The van der Waals surface area contributed by atoms with Crippen LogP contribution in [0.15, 0.2) is 12.4 Å². The van der Waals surface area contributed by atoms with Gasteiger partial charge in [-0.15, -0.1) is 0 Å². The molecule has 0 bridgehead atoms. The first kappa shape index (κ1) is 11.6. The summed E-state index contributed by atoms with van der Waals surface area (Å²) in [6.45, 7) is 7.38. The van der Waals surface area contributed by atoms with Gasteiger partial charge in [-0.05, 0) is 25.7 Å². The lowest BCUT2D eigenvalue weighted by molar-refractivity contribution is -0.396. The summed E-state index contributed by atoms with van der Waals surface area (Å²) in [5, 5.41) is 13.8. The van der Waals surface area contributed by atoms with E-state index < -0.39 is 4.92 Å². The van der Waals surface area contributed by atoms with Crippen molar-refractivity contribution in [3.05, 3.63) is 22.5 Å². The molecule has 0 aliphatic heterocycles. The first-order chi connectivity index (χ1) is 6.90. The number of nitrogens with one attached hydrogen (secondary N) is 1. The maximum Gasteiger partial charge on any atom is 0.434 e. The Hall–Kier alpha value is -1.43. The largest absolute Gasteiger partial charge is 0.434 e. The Balaban J connectivity index is 2.51. The van der Waals surface area contributed by atoms with Gasteiger partial charge in [-0.2, -0.15) is 0 Å². The highest BCUT2D eigenvalue weighted by Crippen LogP contribution is 2.06. The van der Waals surface area contributed by atoms with Crippen LogP contribution in [0.5, 0.6) is 0 Å². The predicted octanol–water partition coefficient (Wildman–Crippen LogP) is 1.18. The zero-order valence-electron chi connectivity index (χ0n) is 9.23. The third kappa shape index (κ3) is 3.67. The zero-order chi connectivity index (χ0) is 11.5. The van der Waals surface area contributed by atoms with Gasteiger partial charge in [0.05, 0.1) is 6.54 Å². The molecule has 1 rings (SSSR count). The van der Waals surface area contributed by atoms with Crippen molar-refractivity contribution in [3.63, 3.8) is 0 Å². The van der Waals surface area contributed by atoms with Crippen LogP contribution in [0.4, 0.5) is 5.95 Å². The van der Waals surface area contributed by atoms with Gasteiger partial charge in [-0.3, -0.25) is 0 Å². The molecule has 15 heavy (non-hydrogen) atoms. The van der Waals surface area contributed by atoms with Gasteiger partial charge in [-0.25, -0.2) is 4.57 Å². The fourth-order valence-electron chi connectivity index (χ4n) is 1.20. The molecule has 1 aromatic heterocycles. The van der Waals surface area contributed by atoms with Crippen LogP contribution in [-0.4, -0.2) is 26.6 Å². The summed E-state index contributed by atoms with van der Waals surface area (Å²) in [5.74, 6) is -0.106. The molecule has 1 N–H and O–H groups in total. The molecular weight excluding hydrogens is 196 g/mol. The minimum Gasteiger partial charge on any atom is -0.390 e. The van der Waals surface area contributed by atoms with E-state index in [2.05, 4.69) is 31.1 Å². The standard InChI is InChI=1S/C9H16N4O2/c1-9(2,3)11-5-7-12-6-4-10-8(12)13(14)15/h4,6,11H,5,7H2,1-3H3. The number of nitrogens with zero attached hydrogens (tertiary/aromatic N) is 3. The number of nitro groups is 1. The molecule has 6 nitrogen and oxygen atoms in total. The van der Waals surface area contributed by atoms with Crippen LogP contribution in [0.25, 0.3) is 0 Å². The van der Waals surface area contributed by atoms with Crippen molar-refractivity contribution in [2.24, 2.45) is 0 Å². The molecule has 6 heteroatoms. The fourth-order valence-corrected chi connectivity index (χ4v) is 1.20. The average Bonchev–Trinajstić information content (AvgIpc) is 2.49. The molecule has 0 aromatic carbocycles. The lowest BCUT2D eigenvalue weighted by atomic mass is 10.1.